The minimum absolute atomic E-state index is 0.174. The molecule has 1 N–H and O–H groups in total. The molecule has 0 aliphatic rings. The van der Waals surface area contributed by atoms with Crippen molar-refractivity contribution in [1.29, 1.82) is 0 Å². The summed E-state index contributed by atoms with van der Waals surface area (Å²) in [5, 5.41) is 18.7. The Hall–Kier alpha value is -1.89. The summed E-state index contributed by atoms with van der Waals surface area (Å²) in [5.74, 6) is 0. The number of rotatable bonds is 5. The molecule has 0 atom stereocenters. The van der Waals surface area contributed by atoms with Crippen LogP contribution >= 0.6 is 11.3 Å². The SMILES string of the molecule is Cc1nn(C(C)C)c(C)c1NCc1ccc([N+](=O)[O-])s1. The maximum absolute atomic E-state index is 10.7. The fraction of sp³-hybridized carbons (Fsp3) is 0.462. The monoisotopic (exact) mass is 294 g/mol. The van der Waals surface area contributed by atoms with Gasteiger partial charge in [-0.15, -0.1) is 0 Å². The summed E-state index contributed by atoms with van der Waals surface area (Å²) in [4.78, 5) is 11.2. The van der Waals surface area contributed by atoms with E-state index in [9.17, 15) is 10.1 Å². The van der Waals surface area contributed by atoms with Crippen LogP contribution in [0.5, 0.6) is 0 Å². The molecule has 7 heteroatoms. The van der Waals surface area contributed by atoms with E-state index in [0.29, 0.717) is 12.6 Å². The van der Waals surface area contributed by atoms with Crippen LogP contribution in [0.25, 0.3) is 0 Å². The lowest BCUT2D eigenvalue weighted by molar-refractivity contribution is -0.380. The number of hydrogen-bond acceptors (Lipinski definition) is 5. The predicted molar refractivity (Wildman–Crippen MR) is 80.4 cm³/mol. The molecule has 0 aliphatic heterocycles. The van der Waals surface area contributed by atoms with Gasteiger partial charge in [0, 0.05) is 23.5 Å². The van der Waals surface area contributed by atoms with Crippen LogP contribution in [0.3, 0.4) is 0 Å². The maximum atomic E-state index is 10.7. The first-order valence-electron chi connectivity index (χ1n) is 6.42. The highest BCUT2D eigenvalue weighted by molar-refractivity contribution is 7.15. The molecule has 0 bridgehead atoms. The van der Waals surface area contributed by atoms with Crippen LogP contribution in [0.1, 0.15) is 36.2 Å². The second-order valence-corrected chi connectivity index (χ2v) is 6.08. The van der Waals surface area contributed by atoms with E-state index in [4.69, 9.17) is 0 Å². The second kappa shape index (κ2) is 5.62. The molecule has 6 nitrogen and oxygen atoms in total. The number of aryl methyl sites for hydroxylation is 1. The van der Waals surface area contributed by atoms with E-state index in [1.807, 2.05) is 18.5 Å². The molecular formula is C13H18N4O2S. The molecule has 2 heterocycles. The zero-order valence-corrected chi connectivity index (χ0v) is 12.8. The van der Waals surface area contributed by atoms with E-state index >= 15 is 0 Å². The molecule has 0 aromatic carbocycles. The summed E-state index contributed by atoms with van der Waals surface area (Å²) in [6, 6.07) is 3.64. The standard InChI is InChI=1S/C13H18N4O2S/c1-8(2)16-10(4)13(9(3)15-16)14-7-11-5-6-12(20-11)17(18)19/h5-6,8,14H,7H2,1-4H3. The van der Waals surface area contributed by atoms with Crippen LogP contribution in [0.4, 0.5) is 10.7 Å². The molecule has 20 heavy (non-hydrogen) atoms. The molecule has 108 valence electrons. The first-order chi connectivity index (χ1) is 9.40. The summed E-state index contributed by atoms with van der Waals surface area (Å²) in [7, 11) is 0. The molecular weight excluding hydrogens is 276 g/mol. The first kappa shape index (κ1) is 14.5. The Morgan fingerprint density at radius 1 is 1.45 bits per heavy atom. The van der Waals surface area contributed by atoms with Gasteiger partial charge in [-0.25, -0.2) is 0 Å². The highest BCUT2D eigenvalue weighted by Gasteiger charge is 2.14. The van der Waals surface area contributed by atoms with Crippen LogP contribution in [0, 0.1) is 24.0 Å². The first-order valence-corrected chi connectivity index (χ1v) is 7.24. The van der Waals surface area contributed by atoms with E-state index in [1.54, 1.807) is 12.1 Å². The molecule has 0 radical (unpaired) electrons. The van der Waals surface area contributed by atoms with E-state index in [1.165, 1.54) is 11.3 Å². The number of thiophene rings is 1. The van der Waals surface area contributed by atoms with Crippen molar-refractivity contribution in [3.63, 3.8) is 0 Å². The summed E-state index contributed by atoms with van der Waals surface area (Å²) in [6.45, 7) is 8.74. The Kier molecular flexibility index (Phi) is 4.08. The molecule has 0 amide bonds. The molecule has 0 spiro atoms. The van der Waals surface area contributed by atoms with Crippen molar-refractivity contribution in [2.24, 2.45) is 0 Å². The van der Waals surface area contributed by atoms with Crippen LogP contribution in [-0.4, -0.2) is 14.7 Å². The lowest BCUT2D eigenvalue weighted by Gasteiger charge is -2.09. The highest BCUT2D eigenvalue weighted by Crippen LogP contribution is 2.27. The van der Waals surface area contributed by atoms with E-state index < -0.39 is 0 Å². The fourth-order valence-corrected chi connectivity index (χ4v) is 2.92. The van der Waals surface area contributed by atoms with Gasteiger partial charge in [-0.2, -0.15) is 5.10 Å². The van der Waals surface area contributed by atoms with E-state index in [-0.39, 0.29) is 9.92 Å². The third kappa shape index (κ3) is 2.82. The normalized spacial score (nSPS) is 11.1. The van der Waals surface area contributed by atoms with Crippen molar-refractivity contribution in [3.05, 3.63) is 38.5 Å². The van der Waals surface area contributed by atoms with Gasteiger partial charge in [0.05, 0.1) is 22.0 Å². The third-order valence-corrected chi connectivity index (χ3v) is 4.12. The predicted octanol–water partition coefficient (Wildman–Crippen LogP) is 3.66. The van der Waals surface area contributed by atoms with Gasteiger partial charge in [0.15, 0.2) is 0 Å². The minimum Gasteiger partial charge on any atom is -0.377 e. The Morgan fingerprint density at radius 3 is 2.65 bits per heavy atom. The van der Waals surface area contributed by atoms with Crippen molar-refractivity contribution in [1.82, 2.24) is 9.78 Å². The lowest BCUT2D eigenvalue weighted by Crippen LogP contribution is -2.05. The Labute approximate surface area is 121 Å². The molecule has 0 saturated carbocycles. The van der Waals surface area contributed by atoms with Gasteiger partial charge in [0.1, 0.15) is 0 Å². The molecule has 0 saturated heterocycles. The van der Waals surface area contributed by atoms with Gasteiger partial charge in [0.2, 0.25) is 0 Å². The molecule has 0 unspecified atom stereocenters. The molecule has 0 fully saturated rings. The summed E-state index contributed by atoms with van der Waals surface area (Å²) in [6.07, 6.45) is 0. The number of anilines is 1. The third-order valence-electron chi connectivity index (χ3n) is 3.08. The Morgan fingerprint density at radius 2 is 2.15 bits per heavy atom. The van der Waals surface area contributed by atoms with Gasteiger partial charge in [0.25, 0.3) is 0 Å². The molecule has 2 aromatic rings. The Balaban J connectivity index is 2.12. The van der Waals surface area contributed by atoms with Crippen molar-refractivity contribution >= 4 is 22.0 Å². The van der Waals surface area contributed by atoms with Crippen LogP contribution < -0.4 is 5.32 Å². The molecule has 0 aliphatic carbocycles. The number of hydrogen-bond donors (Lipinski definition) is 1. The zero-order valence-electron chi connectivity index (χ0n) is 12.0. The summed E-state index contributed by atoms with van der Waals surface area (Å²) in [5.41, 5.74) is 3.04. The fourth-order valence-electron chi connectivity index (χ4n) is 2.16. The van der Waals surface area contributed by atoms with Crippen molar-refractivity contribution in [2.45, 2.75) is 40.3 Å². The second-order valence-electron chi connectivity index (χ2n) is 4.93. The topological polar surface area (TPSA) is 73.0 Å². The van der Waals surface area contributed by atoms with Crippen LogP contribution in [0.15, 0.2) is 12.1 Å². The zero-order chi connectivity index (χ0) is 14.9. The number of nitrogens with one attached hydrogen (secondary N) is 1. The largest absolute Gasteiger partial charge is 0.377 e. The summed E-state index contributed by atoms with van der Waals surface area (Å²) >= 11 is 1.20. The van der Waals surface area contributed by atoms with Gasteiger partial charge in [-0.1, -0.05) is 11.3 Å². The molecule has 2 rings (SSSR count). The van der Waals surface area contributed by atoms with Crippen molar-refractivity contribution in [3.8, 4) is 0 Å². The average molecular weight is 294 g/mol. The molecule has 2 aromatic heterocycles. The van der Waals surface area contributed by atoms with Gasteiger partial charge in [-0.3, -0.25) is 14.8 Å². The minimum atomic E-state index is -0.360. The van der Waals surface area contributed by atoms with Crippen molar-refractivity contribution < 1.29 is 4.92 Å². The lowest BCUT2D eigenvalue weighted by atomic mass is 10.3. The highest BCUT2D eigenvalue weighted by atomic mass is 32.1. The van der Waals surface area contributed by atoms with Gasteiger partial charge < -0.3 is 5.32 Å². The van der Waals surface area contributed by atoms with Gasteiger partial charge >= 0.3 is 5.00 Å². The quantitative estimate of drug-likeness (QED) is 0.674. The van der Waals surface area contributed by atoms with Gasteiger partial charge in [-0.05, 0) is 33.8 Å². The average Bonchev–Trinajstić information content (AvgIpc) is 2.93. The van der Waals surface area contributed by atoms with Crippen LogP contribution in [0.2, 0.25) is 0 Å². The van der Waals surface area contributed by atoms with Crippen LogP contribution in [-0.2, 0) is 6.54 Å². The van der Waals surface area contributed by atoms with E-state index in [2.05, 4.69) is 24.3 Å². The number of aromatic nitrogens is 2. The van der Waals surface area contributed by atoms with E-state index in [0.717, 1.165) is 22.0 Å². The van der Waals surface area contributed by atoms with Crippen molar-refractivity contribution in [2.75, 3.05) is 5.32 Å². The smallest absolute Gasteiger partial charge is 0.324 e. The Bertz CT molecular complexity index is 630. The summed E-state index contributed by atoms with van der Waals surface area (Å²) < 4.78 is 1.98. The maximum Gasteiger partial charge on any atom is 0.324 e. The number of nitro groups is 1. The number of nitrogens with zero attached hydrogens (tertiary/aromatic N) is 3.